The lowest BCUT2D eigenvalue weighted by molar-refractivity contribution is 0.442. The first-order valence-corrected chi connectivity index (χ1v) is 7.54. The number of amidine groups is 1. The Kier molecular flexibility index (Phi) is 4.60. The van der Waals surface area contributed by atoms with E-state index in [1.54, 1.807) is 11.3 Å². The molecule has 5 heteroatoms. The molecular formula is C11H16IN3S. The molecule has 1 aromatic heterocycles. The summed E-state index contributed by atoms with van der Waals surface area (Å²) >= 11 is 4.04. The van der Waals surface area contributed by atoms with Crippen LogP contribution in [0.15, 0.2) is 16.4 Å². The first kappa shape index (κ1) is 12.3. The summed E-state index contributed by atoms with van der Waals surface area (Å²) < 4.78 is 1.26. The average Bonchev–Trinajstić information content (AvgIpc) is 2.74. The summed E-state index contributed by atoms with van der Waals surface area (Å²) in [5, 5.41) is 2.10. The summed E-state index contributed by atoms with van der Waals surface area (Å²) in [5.41, 5.74) is 3.85. The topological polar surface area (TPSA) is 50.4 Å². The Morgan fingerprint density at radius 3 is 2.75 bits per heavy atom. The molecule has 1 aromatic rings. The summed E-state index contributed by atoms with van der Waals surface area (Å²) in [6.07, 6.45) is 6.35. The lowest BCUT2D eigenvalue weighted by Gasteiger charge is -2.18. The van der Waals surface area contributed by atoms with Gasteiger partial charge in [-0.25, -0.2) is 5.84 Å². The van der Waals surface area contributed by atoms with Crippen LogP contribution in [0.25, 0.3) is 0 Å². The zero-order valence-corrected chi connectivity index (χ0v) is 12.1. The molecule has 1 aliphatic rings. The van der Waals surface area contributed by atoms with Crippen LogP contribution in [0.2, 0.25) is 0 Å². The van der Waals surface area contributed by atoms with Gasteiger partial charge in [-0.05, 0) is 41.5 Å². The van der Waals surface area contributed by atoms with E-state index in [2.05, 4.69) is 39.5 Å². The fraction of sp³-hybridized carbons (Fsp3) is 0.545. The Labute approximate surface area is 114 Å². The third-order valence-corrected chi connectivity index (χ3v) is 4.65. The maximum atomic E-state index is 5.55. The van der Waals surface area contributed by atoms with Crippen molar-refractivity contribution in [3.8, 4) is 0 Å². The smallest absolute Gasteiger partial charge is 0.143 e. The molecule has 2 rings (SSSR count). The molecule has 0 amide bonds. The van der Waals surface area contributed by atoms with Gasteiger partial charge in [-0.3, -0.25) is 4.99 Å². The minimum atomic E-state index is 0.456. The molecule has 1 fully saturated rings. The summed E-state index contributed by atoms with van der Waals surface area (Å²) in [5.74, 6) is 6.39. The number of nitrogens with zero attached hydrogens (tertiary/aromatic N) is 1. The van der Waals surface area contributed by atoms with E-state index in [0.29, 0.717) is 6.04 Å². The van der Waals surface area contributed by atoms with Gasteiger partial charge in [0.2, 0.25) is 0 Å². The number of halogens is 1. The van der Waals surface area contributed by atoms with E-state index < -0.39 is 0 Å². The van der Waals surface area contributed by atoms with Gasteiger partial charge in [-0.15, -0.1) is 11.3 Å². The Balaban J connectivity index is 2.11. The fourth-order valence-electron chi connectivity index (χ4n) is 2.02. The van der Waals surface area contributed by atoms with Crippen molar-refractivity contribution >= 4 is 39.8 Å². The van der Waals surface area contributed by atoms with E-state index in [-0.39, 0.29) is 0 Å². The van der Waals surface area contributed by atoms with Crippen LogP contribution in [0.3, 0.4) is 0 Å². The Hall–Kier alpha value is -0.140. The van der Waals surface area contributed by atoms with Crippen LogP contribution in [-0.2, 0) is 0 Å². The van der Waals surface area contributed by atoms with Gasteiger partial charge >= 0.3 is 0 Å². The quantitative estimate of drug-likeness (QED) is 0.284. The van der Waals surface area contributed by atoms with E-state index in [1.165, 1.54) is 35.0 Å². The highest BCUT2D eigenvalue weighted by Gasteiger charge is 2.14. The second-order valence-corrected chi connectivity index (χ2v) is 6.86. The molecule has 0 aliphatic heterocycles. The molecule has 3 N–H and O–H groups in total. The zero-order valence-electron chi connectivity index (χ0n) is 9.08. The van der Waals surface area contributed by atoms with Gasteiger partial charge in [0.25, 0.3) is 0 Å². The lowest BCUT2D eigenvalue weighted by Crippen LogP contribution is -2.32. The van der Waals surface area contributed by atoms with Crippen LogP contribution in [0.4, 0.5) is 0 Å². The van der Waals surface area contributed by atoms with Gasteiger partial charge in [0.05, 0.1) is 8.93 Å². The van der Waals surface area contributed by atoms with Crippen molar-refractivity contribution in [2.45, 2.75) is 38.1 Å². The van der Waals surface area contributed by atoms with E-state index in [9.17, 15) is 0 Å². The van der Waals surface area contributed by atoms with E-state index in [1.807, 2.05) is 0 Å². The van der Waals surface area contributed by atoms with Crippen molar-refractivity contribution in [3.63, 3.8) is 0 Å². The highest BCUT2D eigenvalue weighted by atomic mass is 127. The van der Waals surface area contributed by atoms with Crippen LogP contribution < -0.4 is 11.3 Å². The Bertz CT molecular complexity index is 369. The maximum absolute atomic E-state index is 5.55. The third-order valence-electron chi connectivity index (χ3n) is 2.86. The van der Waals surface area contributed by atoms with Crippen molar-refractivity contribution in [1.29, 1.82) is 0 Å². The molecular weight excluding hydrogens is 333 g/mol. The minimum absolute atomic E-state index is 0.456. The summed E-state index contributed by atoms with van der Waals surface area (Å²) in [7, 11) is 0. The number of rotatable bonds is 2. The number of hydrogen-bond donors (Lipinski definition) is 2. The van der Waals surface area contributed by atoms with Crippen molar-refractivity contribution in [1.82, 2.24) is 5.43 Å². The summed E-state index contributed by atoms with van der Waals surface area (Å²) in [6.45, 7) is 0. The van der Waals surface area contributed by atoms with Crippen molar-refractivity contribution < 1.29 is 0 Å². The highest BCUT2D eigenvalue weighted by Crippen LogP contribution is 2.22. The predicted octanol–water partition coefficient (Wildman–Crippen LogP) is 2.90. The largest absolute Gasteiger partial charge is 0.308 e. The van der Waals surface area contributed by atoms with Crippen LogP contribution in [0.5, 0.6) is 0 Å². The van der Waals surface area contributed by atoms with Gasteiger partial charge in [0.15, 0.2) is 0 Å². The second-order valence-electron chi connectivity index (χ2n) is 4.05. The second kappa shape index (κ2) is 5.97. The van der Waals surface area contributed by atoms with E-state index in [0.717, 1.165) is 11.4 Å². The molecule has 0 spiro atoms. The molecule has 0 bridgehead atoms. The zero-order chi connectivity index (χ0) is 11.4. The van der Waals surface area contributed by atoms with Gasteiger partial charge < -0.3 is 5.43 Å². The molecule has 0 unspecified atom stereocenters. The van der Waals surface area contributed by atoms with Gasteiger partial charge in [0, 0.05) is 10.9 Å². The molecule has 0 atom stereocenters. The number of hydrogen-bond acceptors (Lipinski definition) is 3. The number of thiophene rings is 1. The Morgan fingerprint density at radius 1 is 1.44 bits per heavy atom. The molecule has 1 aliphatic carbocycles. The van der Waals surface area contributed by atoms with Crippen molar-refractivity contribution in [2.24, 2.45) is 10.8 Å². The lowest BCUT2D eigenvalue weighted by atomic mass is 9.96. The van der Waals surface area contributed by atoms with Crippen LogP contribution in [0, 0.1) is 2.88 Å². The first-order valence-electron chi connectivity index (χ1n) is 5.58. The van der Waals surface area contributed by atoms with Crippen LogP contribution >= 0.6 is 33.9 Å². The summed E-state index contributed by atoms with van der Waals surface area (Å²) in [6, 6.07) is 2.57. The molecule has 0 radical (unpaired) electrons. The minimum Gasteiger partial charge on any atom is -0.308 e. The fourth-order valence-corrected chi connectivity index (χ4v) is 3.35. The van der Waals surface area contributed by atoms with Gasteiger partial charge in [-0.2, -0.15) is 0 Å². The first-order chi connectivity index (χ1) is 7.79. The molecule has 16 heavy (non-hydrogen) atoms. The molecule has 3 nitrogen and oxygen atoms in total. The highest BCUT2D eigenvalue weighted by molar-refractivity contribution is 14.1. The molecule has 1 saturated carbocycles. The van der Waals surface area contributed by atoms with Crippen molar-refractivity contribution in [3.05, 3.63) is 19.9 Å². The van der Waals surface area contributed by atoms with E-state index in [4.69, 9.17) is 10.8 Å². The number of hydrazine groups is 1. The van der Waals surface area contributed by atoms with Crippen LogP contribution in [-0.4, -0.2) is 11.9 Å². The normalized spacial score (nSPS) is 18.8. The number of nitrogens with one attached hydrogen (secondary N) is 1. The van der Waals surface area contributed by atoms with Crippen molar-refractivity contribution in [2.75, 3.05) is 0 Å². The van der Waals surface area contributed by atoms with Gasteiger partial charge in [0.1, 0.15) is 5.84 Å². The van der Waals surface area contributed by atoms with Gasteiger partial charge in [-0.1, -0.05) is 19.3 Å². The number of nitrogens with two attached hydrogens (primary N) is 1. The predicted molar refractivity (Wildman–Crippen MR) is 77.8 cm³/mol. The molecule has 0 saturated heterocycles. The number of aliphatic imine (C=N–C) groups is 1. The standard InChI is InChI=1S/C11H16IN3S/c12-10-6-8(7-16-10)11(15-13)14-9-4-2-1-3-5-9/h6-7,9H,1-5,13H2,(H,14,15). The molecule has 88 valence electrons. The molecule has 0 aromatic carbocycles. The SMILES string of the molecule is NNC(=NC1CCCCC1)c1csc(I)c1. The average molecular weight is 349 g/mol. The Morgan fingerprint density at radius 2 is 2.19 bits per heavy atom. The summed E-state index contributed by atoms with van der Waals surface area (Å²) in [4.78, 5) is 4.72. The molecule has 1 heterocycles. The third kappa shape index (κ3) is 3.18. The van der Waals surface area contributed by atoms with Crippen LogP contribution in [0.1, 0.15) is 37.7 Å². The maximum Gasteiger partial charge on any atom is 0.143 e. The monoisotopic (exact) mass is 349 g/mol. The van der Waals surface area contributed by atoms with E-state index >= 15 is 0 Å².